The van der Waals surface area contributed by atoms with E-state index in [1.165, 1.54) is 0 Å². The average Bonchev–Trinajstić information content (AvgIpc) is 2.44. The summed E-state index contributed by atoms with van der Waals surface area (Å²) in [5.74, 6) is -1.06. The van der Waals surface area contributed by atoms with Crippen LogP contribution in [0.2, 0.25) is 0 Å². The highest BCUT2D eigenvalue weighted by molar-refractivity contribution is 5.28. The fourth-order valence-electron chi connectivity index (χ4n) is 1.91. The zero-order valence-electron chi connectivity index (χ0n) is 11.0. The summed E-state index contributed by atoms with van der Waals surface area (Å²) in [6.45, 7) is 1.26. The summed E-state index contributed by atoms with van der Waals surface area (Å²) in [5, 5.41) is 12.8. The van der Waals surface area contributed by atoms with Gasteiger partial charge in [-0.2, -0.15) is 13.2 Å². The van der Waals surface area contributed by atoms with E-state index in [9.17, 15) is 22.7 Å². The maximum Gasteiger partial charge on any atom is 0.416 e. The molecule has 0 amide bonds. The Morgan fingerprint density at radius 3 is 2.76 bits per heavy atom. The van der Waals surface area contributed by atoms with Crippen LogP contribution >= 0.6 is 0 Å². The van der Waals surface area contributed by atoms with Crippen LogP contribution in [0.5, 0.6) is 0 Å². The molecule has 2 atom stereocenters. The van der Waals surface area contributed by atoms with Gasteiger partial charge in [-0.1, -0.05) is 0 Å². The maximum absolute atomic E-state index is 13.2. The minimum absolute atomic E-state index is 0.189. The summed E-state index contributed by atoms with van der Waals surface area (Å²) in [7, 11) is 0. The van der Waals surface area contributed by atoms with Gasteiger partial charge in [0.05, 0.1) is 18.8 Å². The Labute approximate surface area is 118 Å². The number of nitrogens with one attached hydrogen (secondary N) is 1. The predicted molar refractivity (Wildman–Crippen MR) is 64.9 cm³/mol. The molecular formula is C13H15F4NO3. The van der Waals surface area contributed by atoms with E-state index in [1.807, 2.05) is 0 Å². The third kappa shape index (κ3) is 4.63. The number of hydrogen-bond donors (Lipinski definition) is 2. The number of halogens is 4. The summed E-state index contributed by atoms with van der Waals surface area (Å²) >= 11 is 0. The molecule has 0 aromatic heterocycles. The van der Waals surface area contributed by atoms with Gasteiger partial charge in [0.1, 0.15) is 11.9 Å². The minimum atomic E-state index is -4.67. The summed E-state index contributed by atoms with van der Waals surface area (Å²) in [4.78, 5) is 0. The third-order valence-corrected chi connectivity index (χ3v) is 2.97. The van der Waals surface area contributed by atoms with Gasteiger partial charge in [-0.25, -0.2) is 4.39 Å². The highest BCUT2D eigenvalue weighted by atomic mass is 19.4. The number of alkyl halides is 3. The molecule has 8 heteroatoms. The van der Waals surface area contributed by atoms with Crippen LogP contribution in [-0.2, 0) is 15.7 Å². The first kappa shape index (κ1) is 16.2. The highest BCUT2D eigenvalue weighted by Gasteiger charge is 2.32. The number of hydrogen-bond acceptors (Lipinski definition) is 4. The predicted octanol–water partition coefficient (Wildman–Crippen LogP) is 1.84. The van der Waals surface area contributed by atoms with Crippen molar-refractivity contribution in [3.63, 3.8) is 0 Å². The van der Waals surface area contributed by atoms with E-state index < -0.39 is 30.0 Å². The van der Waals surface area contributed by atoms with Crippen LogP contribution in [0.3, 0.4) is 0 Å². The van der Waals surface area contributed by atoms with E-state index in [0.29, 0.717) is 31.8 Å². The molecule has 0 spiro atoms. The monoisotopic (exact) mass is 309 g/mol. The van der Waals surface area contributed by atoms with Crippen molar-refractivity contribution >= 4 is 0 Å². The number of morpholine rings is 1. The van der Waals surface area contributed by atoms with Crippen molar-refractivity contribution < 1.29 is 32.1 Å². The second-order valence-corrected chi connectivity index (χ2v) is 4.62. The molecule has 1 heterocycles. The van der Waals surface area contributed by atoms with Gasteiger partial charge in [0.25, 0.3) is 0 Å². The van der Waals surface area contributed by atoms with E-state index in [4.69, 9.17) is 9.47 Å². The lowest BCUT2D eigenvalue weighted by molar-refractivity contribution is -0.167. The number of benzene rings is 1. The molecule has 0 saturated carbocycles. The lowest BCUT2D eigenvalue weighted by Gasteiger charge is -2.25. The summed E-state index contributed by atoms with van der Waals surface area (Å²) in [5.41, 5.74) is -1.33. The molecule has 2 N–H and O–H groups in total. The molecule has 4 nitrogen and oxygen atoms in total. The van der Waals surface area contributed by atoms with Gasteiger partial charge in [0.2, 0.25) is 0 Å². The second-order valence-electron chi connectivity index (χ2n) is 4.62. The van der Waals surface area contributed by atoms with E-state index in [2.05, 4.69) is 5.32 Å². The molecule has 118 valence electrons. The molecule has 0 aliphatic carbocycles. The van der Waals surface area contributed by atoms with E-state index in [-0.39, 0.29) is 12.2 Å². The topological polar surface area (TPSA) is 50.7 Å². The first-order chi connectivity index (χ1) is 9.86. The van der Waals surface area contributed by atoms with E-state index in [1.54, 1.807) is 0 Å². The van der Waals surface area contributed by atoms with Gasteiger partial charge in [-0.05, 0) is 23.8 Å². The molecule has 1 aromatic rings. The molecule has 0 radical (unpaired) electrons. The third-order valence-electron chi connectivity index (χ3n) is 2.97. The second kappa shape index (κ2) is 6.69. The van der Waals surface area contributed by atoms with Crippen molar-refractivity contribution in [2.45, 2.75) is 18.6 Å². The maximum atomic E-state index is 13.2. The lowest BCUT2D eigenvalue weighted by atomic mass is 10.1. The SMILES string of the molecule is OC(COC1CNCCO1)c1cc(F)cc(C(F)(F)F)c1. The molecule has 2 unspecified atom stereocenters. The van der Waals surface area contributed by atoms with Gasteiger partial charge in [0, 0.05) is 13.1 Å². The number of ether oxygens (including phenoxy) is 2. The van der Waals surface area contributed by atoms with Gasteiger partial charge < -0.3 is 19.9 Å². The van der Waals surface area contributed by atoms with Gasteiger partial charge >= 0.3 is 6.18 Å². The van der Waals surface area contributed by atoms with Crippen LogP contribution in [0.15, 0.2) is 18.2 Å². The van der Waals surface area contributed by atoms with Crippen LogP contribution in [0.25, 0.3) is 0 Å². The lowest BCUT2D eigenvalue weighted by Crippen LogP contribution is -2.40. The standard InChI is InChI=1S/C13H15F4NO3/c14-10-4-8(3-9(5-10)13(15,16)17)11(19)7-21-12-6-18-1-2-20-12/h3-5,11-12,18-19H,1-2,6-7H2. The van der Waals surface area contributed by atoms with Gasteiger partial charge in [-0.3, -0.25) is 0 Å². The van der Waals surface area contributed by atoms with Crippen LogP contribution in [-0.4, -0.2) is 37.7 Å². The molecule has 1 fully saturated rings. The Morgan fingerprint density at radius 1 is 1.38 bits per heavy atom. The minimum Gasteiger partial charge on any atom is -0.386 e. The zero-order valence-corrected chi connectivity index (χ0v) is 11.0. The average molecular weight is 309 g/mol. The van der Waals surface area contributed by atoms with Gasteiger partial charge in [0.15, 0.2) is 6.29 Å². The largest absolute Gasteiger partial charge is 0.416 e. The van der Waals surface area contributed by atoms with Crippen molar-refractivity contribution in [2.75, 3.05) is 26.3 Å². The summed E-state index contributed by atoms with van der Waals surface area (Å²) in [6.07, 6.45) is -6.62. The normalized spacial score (nSPS) is 21.3. The molecule has 1 aliphatic rings. The highest BCUT2D eigenvalue weighted by Crippen LogP contribution is 2.31. The van der Waals surface area contributed by atoms with E-state index in [0.717, 1.165) is 6.07 Å². The number of aliphatic hydroxyl groups is 1. The Bertz CT molecular complexity index is 475. The molecule has 1 saturated heterocycles. The first-order valence-corrected chi connectivity index (χ1v) is 6.36. The molecule has 0 bridgehead atoms. The number of rotatable bonds is 4. The fourth-order valence-corrected chi connectivity index (χ4v) is 1.91. The zero-order chi connectivity index (χ0) is 15.5. The van der Waals surface area contributed by atoms with Crippen LogP contribution < -0.4 is 5.32 Å². The Hall–Kier alpha value is -1.22. The van der Waals surface area contributed by atoms with Gasteiger partial charge in [-0.15, -0.1) is 0 Å². The Balaban J connectivity index is 2.01. The first-order valence-electron chi connectivity index (χ1n) is 6.36. The van der Waals surface area contributed by atoms with Crippen molar-refractivity contribution in [2.24, 2.45) is 0 Å². The van der Waals surface area contributed by atoms with Crippen LogP contribution in [0.1, 0.15) is 17.2 Å². The molecule has 2 rings (SSSR count). The quantitative estimate of drug-likeness (QED) is 0.833. The molecular weight excluding hydrogens is 294 g/mol. The van der Waals surface area contributed by atoms with Crippen LogP contribution in [0, 0.1) is 5.82 Å². The van der Waals surface area contributed by atoms with Crippen molar-refractivity contribution in [1.82, 2.24) is 5.32 Å². The van der Waals surface area contributed by atoms with Crippen LogP contribution in [0.4, 0.5) is 17.6 Å². The molecule has 1 aliphatic heterocycles. The summed E-state index contributed by atoms with van der Waals surface area (Å²) < 4.78 is 61.4. The van der Waals surface area contributed by atoms with Crippen molar-refractivity contribution in [3.05, 3.63) is 35.1 Å². The van der Waals surface area contributed by atoms with Crippen molar-refractivity contribution in [1.29, 1.82) is 0 Å². The Morgan fingerprint density at radius 2 is 2.14 bits per heavy atom. The molecule has 21 heavy (non-hydrogen) atoms. The summed E-state index contributed by atoms with van der Waals surface area (Å²) in [6, 6.07) is 1.94. The number of aliphatic hydroxyl groups excluding tert-OH is 1. The molecule has 1 aromatic carbocycles. The Kier molecular flexibility index (Phi) is 5.15. The van der Waals surface area contributed by atoms with E-state index >= 15 is 0 Å². The fraction of sp³-hybridized carbons (Fsp3) is 0.538. The van der Waals surface area contributed by atoms with Crippen molar-refractivity contribution in [3.8, 4) is 0 Å². The smallest absolute Gasteiger partial charge is 0.386 e.